The largest absolute Gasteiger partial charge is 0.465 e. The summed E-state index contributed by atoms with van der Waals surface area (Å²) in [6, 6.07) is 9.58. The lowest BCUT2D eigenvalue weighted by Gasteiger charge is -2.13. The highest BCUT2D eigenvalue weighted by atomic mass is 32.2. The van der Waals surface area contributed by atoms with Crippen molar-refractivity contribution in [2.75, 3.05) is 32.4 Å². The van der Waals surface area contributed by atoms with Gasteiger partial charge < -0.3 is 9.64 Å². The third kappa shape index (κ3) is 3.52. The molecule has 0 spiro atoms. The Bertz CT molecular complexity index is 527. The molecule has 0 amide bonds. The van der Waals surface area contributed by atoms with E-state index >= 15 is 0 Å². The molecule has 100 valence electrons. The molecule has 19 heavy (non-hydrogen) atoms. The van der Waals surface area contributed by atoms with Gasteiger partial charge in [0.05, 0.1) is 7.11 Å². The molecule has 5 heteroatoms. The molecular weight excluding hydrogens is 260 g/mol. The van der Waals surface area contributed by atoms with Crippen LogP contribution in [0.15, 0.2) is 29.8 Å². The number of hydrogen-bond donors (Lipinski definition) is 0. The Morgan fingerprint density at radius 3 is 2.26 bits per heavy atom. The summed E-state index contributed by atoms with van der Waals surface area (Å²) in [6.45, 7) is 0. The van der Waals surface area contributed by atoms with Gasteiger partial charge in [-0.05, 0) is 24.0 Å². The molecule has 1 aromatic carbocycles. The van der Waals surface area contributed by atoms with Gasteiger partial charge in [-0.3, -0.25) is 0 Å². The van der Waals surface area contributed by atoms with E-state index in [9.17, 15) is 4.79 Å². The maximum Gasteiger partial charge on any atom is 0.349 e. The highest BCUT2D eigenvalue weighted by Crippen LogP contribution is 2.30. The molecule has 1 rings (SSSR count). The zero-order chi connectivity index (χ0) is 14.4. The lowest BCUT2D eigenvalue weighted by atomic mass is 10.1. The molecule has 1 aromatic rings. The van der Waals surface area contributed by atoms with Crippen molar-refractivity contribution in [1.82, 2.24) is 0 Å². The SMILES string of the molecule is COC(=O)/C(C#N)=C(\SC)c1ccc(N(C)C)cc1. The average Bonchev–Trinajstić information content (AvgIpc) is 2.44. The Morgan fingerprint density at radius 2 is 1.89 bits per heavy atom. The number of hydrogen-bond acceptors (Lipinski definition) is 5. The molecule has 4 nitrogen and oxygen atoms in total. The van der Waals surface area contributed by atoms with Gasteiger partial charge in [0, 0.05) is 24.7 Å². The minimum Gasteiger partial charge on any atom is -0.465 e. The summed E-state index contributed by atoms with van der Waals surface area (Å²) in [5, 5.41) is 9.10. The van der Waals surface area contributed by atoms with Crippen LogP contribution in [-0.2, 0) is 9.53 Å². The van der Waals surface area contributed by atoms with Gasteiger partial charge in [-0.2, -0.15) is 5.26 Å². The van der Waals surface area contributed by atoms with E-state index in [0.29, 0.717) is 4.91 Å². The van der Waals surface area contributed by atoms with Crippen molar-refractivity contribution in [2.24, 2.45) is 0 Å². The average molecular weight is 276 g/mol. The number of carbonyl (C=O) groups excluding carboxylic acids is 1. The summed E-state index contributed by atoms with van der Waals surface area (Å²) in [7, 11) is 5.18. The van der Waals surface area contributed by atoms with Gasteiger partial charge in [0.25, 0.3) is 0 Å². The summed E-state index contributed by atoms with van der Waals surface area (Å²) >= 11 is 1.36. The second-order valence-corrected chi connectivity index (χ2v) is 4.77. The zero-order valence-electron chi connectivity index (χ0n) is 11.4. The van der Waals surface area contributed by atoms with Gasteiger partial charge in [-0.1, -0.05) is 12.1 Å². The Kier molecular flexibility index (Phi) is 5.46. The minimum absolute atomic E-state index is 0.0348. The van der Waals surface area contributed by atoms with E-state index in [1.54, 1.807) is 0 Å². The van der Waals surface area contributed by atoms with Crippen molar-refractivity contribution in [1.29, 1.82) is 5.26 Å². The topological polar surface area (TPSA) is 53.3 Å². The van der Waals surface area contributed by atoms with Crippen LogP contribution in [0.4, 0.5) is 5.69 Å². The predicted molar refractivity (Wildman–Crippen MR) is 78.8 cm³/mol. The van der Waals surface area contributed by atoms with E-state index in [1.165, 1.54) is 18.9 Å². The van der Waals surface area contributed by atoms with Crippen LogP contribution in [0.1, 0.15) is 5.56 Å². The van der Waals surface area contributed by atoms with E-state index in [-0.39, 0.29) is 5.57 Å². The number of esters is 1. The number of benzene rings is 1. The highest BCUT2D eigenvalue weighted by molar-refractivity contribution is 8.07. The number of anilines is 1. The van der Waals surface area contributed by atoms with Crippen LogP contribution in [0.3, 0.4) is 0 Å². The molecule has 0 aliphatic carbocycles. The first-order valence-corrected chi connectivity index (χ1v) is 6.82. The molecule has 0 fully saturated rings. The van der Waals surface area contributed by atoms with Crippen LogP contribution in [-0.4, -0.2) is 33.4 Å². The van der Waals surface area contributed by atoms with Crippen molar-refractivity contribution < 1.29 is 9.53 Å². The van der Waals surface area contributed by atoms with E-state index in [0.717, 1.165) is 11.3 Å². The second-order valence-electron chi connectivity index (χ2n) is 3.95. The van der Waals surface area contributed by atoms with Gasteiger partial charge in [0.1, 0.15) is 6.07 Å². The molecule has 0 bridgehead atoms. The molecular formula is C14H16N2O2S. The molecule has 0 radical (unpaired) electrons. The molecule has 0 saturated heterocycles. The second kappa shape index (κ2) is 6.86. The summed E-state index contributed by atoms with van der Waals surface area (Å²) in [6.07, 6.45) is 1.83. The minimum atomic E-state index is -0.608. The van der Waals surface area contributed by atoms with E-state index in [1.807, 2.05) is 55.6 Å². The standard InChI is InChI=1S/C14H16N2O2S/c1-16(2)11-7-5-10(6-8-11)13(19-4)12(9-15)14(17)18-3/h5-8H,1-4H3/b13-12-. The fraction of sp³-hybridized carbons (Fsp3) is 0.286. The quantitative estimate of drug-likeness (QED) is 0.480. The summed E-state index contributed by atoms with van der Waals surface area (Å²) in [4.78, 5) is 14.2. The van der Waals surface area contributed by atoms with Crippen LogP contribution < -0.4 is 4.90 Å². The van der Waals surface area contributed by atoms with Gasteiger partial charge in [-0.15, -0.1) is 11.8 Å². The van der Waals surface area contributed by atoms with Gasteiger partial charge in [-0.25, -0.2) is 4.79 Å². The Morgan fingerprint density at radius 1 is 1.32 bits per heavy atom. The Labute approximate surface area is 117 Å². The lowest BCUT2D eigenvalue weighted by Crippen LogP contribution is -2.08. The monoisotopic (exact) mass is 276 g/mol. The zero-order valence-corrected chi connectivity index (χ0v) is 12.2. The highest BCUT2D eigenvalue weighted by Gasteiger charge is 2.16. The fourth-order valence-electron chi connectivity index (χ4n) is 1.57. The maximum absolute atomic E-state index is 11.6. The smallest absolute Gasteiger partial charge is 0.349 e. The first-order chi connectivity index (χ1) is 9.04. The van der Waals surface area contributed by atoms with Crippen LogP contribution in [0.2, 0.25) is 0 Å². The third-order valence-corrected chi connectivity index (χ3v) is 3.43. The molecule has 0 aliphatic rings. The number of ether oxygens (including phenoxy) is 1. The number of thioether (sulfide) groups is 1. The summed E-state index contributed by atoms with van der Waals surface area (Å²) in [5.74, 6) is -0.608. The van der Waals surface area contributed by atoms with Crippen molar-refractivity contribution >= 4 is 28.3 Å². The fourth-order valence-corrected chi connectivity index (χ4v) is 2.27. The molecule has 0 aromatic heterocycles. The van der Waals surface area contributed by atoms with Crippen LogP contribution >= 0.6 is 11.8 Å². The molecule has 0 saturated carbocycles. The normalized spacial score (nSPS) is 11.3. The van der Waals surface area contributed by atoms with E-state index in [2.05, 4.69) is 4.74 Å². The number of rotatable bonds is 4. The van der Waals surface area contributed by atoms with Crippen LogP contribution in [0, 0.1) is 11.3 Å². The molecule has 0 heterocycles. The lowest BCUT2D eigenvalue weighted by molar-refractivity contribution is -0.135. The molecule has 0 aliphatic heterocycles. The third-order valence-electron chi connectivity index (χ3n) is 2.58. The van der Waals surface area contributed by atoms with Crippen molar-refractivity contribution in [2.45, 2.75) is 0 Å². The molecule has 0 unspecified atom stereocenters. The van der Waals surface area contributed by atoms with Crippen LogP contribution in [0.25, 0.3) is 4.91 Å². The molecule has 0 N–H and O–H groups in total. The number of nitriles is 1. The Balaban J connectivity index is 3.27. The van der Waals surface area contributed by atoms with Crippen LogP contribution in [0.5, 0.6) is 0 Å². The van der Waals surface area contributed by atoms with Gasteiger partial charge in [0.15, 0.2) is 5.57 Å². The van der Waals surface area contributed by atoms with Crippen molar-refractivity contribution in [3.63, 3.8) is 0 Å². The summed E-state index contributed by atoms with van der Waals surface area (Å²) in [5.41, 5.74) is 1.92. The first kappa shape index (κ1) is 15.1. The van der Waals surface area contributed by atoms with E-state index < -0.39 is 5.97 Å². The Hall–Kier alpha value is -1.93. The number of nitrogens with zero attached hydrogens (tertiary/aromatic N) is 2. The van der Waals surface area contributed by atoms with Crippen molar-refractivity contribution in [3.8, 4) is 6.07 Å². The number of methoxy groups -OCH3 is 1. The predicted octanol–water partition coefficient (Wildman–Crippen LogP) is 2.52. The number of carbonyl (C=O) groups is 1. The van der Waals surface area contributed by atoms with Gasteiger partial charge >= 0.3 is 5.97 Å². The first-order valence-electron chi connectivity index (χ1n) is 5.59. The molecule has 0 atom stereocenters. The summed E-state index contributed by atoms with van der Waals surface area (Å²) < 4.78 is 4.63. The maximum atomic E-state index is 11.6. The van der Waals surface area contributed by atoms with E-state index in [4.69, 9.17) is 5.26 Å². The van der Waals surface area contributed by atoms with Crippen molar-refractivity contribution in [3.05, 3.63) is 35.4 Å². The van der Waals surface area contributed by atoms with Gasteiger partial charge in [0.2, 0.25) is 0 Å².